The molecule has 1 fully saturated rings. The Morgan fingerprint density at radius 1 is 1.04 bits per heavy atom. The van der Waals surface area contributed by atoms with Crippen LogP contribution in [-0.4, -0.2) is 20.4 Å². The van der Waals surface area contributed by atoms with E-state index in [4.69, 9.17) is 23.2 Å². The fourth-order valence-electron chi connectivity index (χ4n) is 2.33. The van der Waals surface area contributed by atoms with Gasteiger partial charge < -0.3 is 5.32 Å². The number of benzene rings is 2. The average molecular weight is 399 g/mol. The minimum atomic E-state index is -3.91. The Morgan fingerprint density at radius 2 is 1.64 bits per heavy atom. The summed E-state index contributed by atoms with van der Waals surface area (Å²) in [7, 11) is -3.91. The van der Waals surface area contributed by atoms with Crippen LogP contribution in [0.5, 0.6) is 0 Å². The fraction of sp³-hybridized carbons (Fsp3) is 0.235. The predicted octanol–water partition coefficient (Wildman–Crippen LogP) is 3.62. The Kier molecular flexibility index (Phi) is 5.22. The topological polar surface area (TPSA) is 75.3 Å². The number of sulfonamides is 1. The maximum Gasteiger partial charge on any atom is 0.264 e. The Bertz CT molecular complexity index is 874. The van der Waals surface area contributed by atoms with Crippen LogP contribution in [-0.2, 0) is 21.2 Å². The summed E-state index contributed by atoms with van der Waals surface area (Å²) >= 11 is 11.9. The third-order valence-corrected chi connectivity index (χ3v) is 6.04. The molecule has 2 aromatic rings. The average Bonchev–Trinajstić information content (AvgIpc) is 3.32. The summed E-state index contributed by atoms with van der Waals surface area (Å²) in [6.07, 6.45) is 2.34. The van der Waals surface area contributed by atoms with Gasteiger partial charge >= 0.3 is 0 Å². The lowest BCUT2D eigenvalue weighted by Gasteiger charge is -2.11. The standard InChI is InChI=1S/C17H16Cl2N2O3S/c18-14-2-1-3-15(19)17(14)25(23,24)21-13-6-4-11(5-7-13)10-16(22)20-12-8-9-12/h1-7,12,21H,8-10H2,(H,20,22). The van der Waals surface area contributed by atoms with Crippen molar-refractivity contribution in [1.29, 1.82) is 0 Å². The zero-order chi connectivity index (χ0) is 18.0. The van der Waals surface area contributed by atoms with Crippen LogP contribution >= 0.6 is 23.2 Å². The molecule has 132 valence electrons. The van der Waals surface area contributed by atoms with Gasteiger partial charge in [-0.05, 0) is 42.7 Å². The highest BCUT2D eigenvalue weighted by Crippen LogP contribution is 2.30. The van der Waals surface area contributed by atoms with Crippen LogP contribution in [0.1, 0.15) is 18.4 Å². The van der Waals surface area contributed by atoms with E-state index in [2.05, 4.69) is 10.0 Å². The molecule has 0 saturated heterocycles. The van der Waals surface area contributed by atoms with Crippen LogP contribution < -0.4 is 10.0 Å². The molecule has 1 aliphatic rings. The molecule has 1 saturated carbocycles. The zero-order valence-corrected chi connectivity index (χ0v) is 15.5. The van der Waals surface area contributed by atoms with Crippen molar-refractivity contribution in [2.24, 2.45) is 0 Å². The lowest BCUT2D eigenvalue weighted by molar-refractivity contribution is -0.120. The van der Waals surface area contributed by atoms with Gasteiger partial charge in [0.1, 0.15) is 4.90 Å². The van der Waals surface area contributed by atoms with Gasteiger partial charge in [-0.1, -0.05) is 41.4 Å². The van der Waals surface area contributed by atoms with E-state index >= 15 is 0 Å². The third-order valence-electron chi connectivity index (χ3n) is 3.70. The molecule has 0 atom stereocenters. The van der Waals surface area contributed by atoms with E-state index in [1.165, 1.54) is 12.1 Å². The van der Waals surface area contributed by atoms with Crippen LogP contribution in [0.2, 0.25) is 10.0 Å². The van der Waals surface area contributed by atoms with Crippen molar-refractivity contribution in [3.05, 3.63) is 58.1 Å². The van der Waals surface area contributed by atoms with Gasteiger partial charge in [-0.2, -0.15) is 0 Å². The number of nitrogens with one attached hydrogen (secondary N) is 2. The van der Waals surface area contributed by atoms with Gasteiger partial charge in [-0.25, -0.2) is 8.42 Å². The van der Waals surface area contributed by atoms with Crippen molar-refractivity contribution < 1.29 is 13.2 Å². The van der Waals surface area contributed by atoms with E-state index in [9.17, 15) is 13.2 Å². The Balaban J connectivity index is 1.71. The van der Waals surface area contributed by atoms with E-state index in [1.807, 2.05) is 0 Å². The van der Waals surface area contributed by atoms with Gasteiger partial charge in [-0.3, -0.25) is 9.52 Å². The molecule has 0 heterocycles. The number of rotatable bonds is 6. The molecule has 25 heavy (non-hydrogen) atoms. The van der Waals surface area contributed by atoms with Gasteiger partial charge in [0.15, 0.2) is 0 Å². The third kappa shape index (κ3) is 4.66. The van der Waals surface area contributed by atoms with Crippen molar-refractivity contribution >= 4 is 44.8 Å². The molecule has 0 spiro atoms. The molecule has 8 heteroatoms. The Labute approximate surface area is 156 Å². The summed E-state index contributed by atoms with van der Waals surface area (Å²) < 4.78 is 27.4. The van der Waals surface area contributed by atoms with E-state index in [0.717, 1.165) is 18.4 Å². The van der Waals surface area contributed by atoms with Crippen LogP contribution in [0, 0.1) is 0 Å². The molecule has 5 nitrogen and oxygen atoms in total. The number of halogens is 2. The molecule has 0 radical (unpaired) electrons. The minimum absolute atomic E-state index is 0.0290. The number of hydrogen-bond donors (Lipinski definition) is 2. The molecule has 2 aromatic carbocycles. The smallest absolute Gasteiger partial charge is 0.264 e. The summed E-state index contributed by atoms with van der Waals surface area (Å²) in [4.78, 5) is 11.6. The SMILES string of the molecule is O=C(Cc1ccc(NS(=O)(=O)c2c(Cl)cccc2Cl)cc1)NC1CC1. The first kappa shape index (κ1) is 18.0. The van der Waals surface area contributed by atoms with E-state index in [1.54, 1.807) is 30.3 Å². The highest BCUT2D eigenvalue weighted by molar-refractivity contribution is 7.93. The van der Waals surface area contributed by atoms with Crippen molar-refractivity contribution in [2.45, 2.75) is 30.2 Å². The molecule has 0 aromatic heterocycles. The molecule has 0 unspecified atom stereocenters. The monoisotopic (exact) mass is 398 g/mol. The first-order chi connectivity index (χ1) is 11.8. The predicted molar refractivity (Wildman–Crippen MR) is 98.6 cm³/mol. The second-order valence-electron chi connectivity index (χ2n) is 5.87. The number of carbonyl (C=O) groups is 1. The van der Waals surface area contributed by atoms with Gasteiger partial charge in [0.2, 0.25) is 5.91 Å². The zero-order valence-electron chi connectivity index (χ0n) is 13.1. The molecule has 0 bridgehead atoms. The van der Waals surface area contributed by atoms with Gasteiger partial charge in [0.05, 0.1) is 16.5 Å². The quantitative estimate of drug-likeness (QED) is 0.779. The summed E-state index contributed by atoms with van der Waals surface area (Å²) in [6.45, 7) is 0. The van der Waals surface area contributed by atoms with Crippen LogP contribution in [0.15, 0.2) is 47.4 Å². The number of hydrogen-bond acceptors (Lipinski definition) is 3. The van der Waals surface area contributed by atoms with E-state index < -0.39 is 10.0 Å². The van der Waals surface area contributed by atoms with Gasteiger partial charge in [0, 0.05) is 11.7 Å². The second kappa shape index (κ2) is 7.23. The first-order valence-electron chi connectivity index (χ1n) is 7.70. The Morgan fingerprint density at radius 3 is 2.20 bits per heavy atom. The highest BCUT2D eigenvalue weighted by atomic mass is 35.5. The van der Waals surface area contributed by atoms with Crippen LogP contribution in [0.4, 0.5) is 5.69 Å². The molecular weight excluding hydrogens is 383 g/mol. The van der Waals surface area contributed by atoms with Crippen molar-refractivity contribution in [3.63, 3.8) is 0 Å². The molecule has 1 amide bonds. The number of anilines is 1. The molecule has 2 N–H and O–H groups in total. The summed E-state index contributed by atoms with van der Waals surface area (Å²) in [5, 5.41) is 3.01. The summed E-state index contributed by atoms with van der Waals surface area (Å²) in [6, 6.07) is 11.4. The van der Waals surface area contributed by atoms with Crippen molar-refractivity contribution in [2.75, 3.05) is 4.72 Å². The largest absolute Gasteiger partial charge is 0.353 e. The number of carbonyl (C=O) groups excluding carboxylic acids is 1. The minimum Gasteiger partial charge on any atom is -0.353 e. The first-order valence-corrected chi connectivity index (χ1v) is 9.94. The molecular formula is C17H16Cl2N2O3S. The van der Waals surface area contributed by atoms with Crippen LogP contribution in [0.25, 0.3) is 0 Å². The number of amides is 1. The normalized spacial score (nSPS) is 14.2. The van der Waals surface area contributed by atoms with Crippen LogP contribution in [0.3, 0.4) is 0 Å². The molecule has 3 rings (SSSR count). The van der Waals surface area contributed by atoms with Gasteiger partial charge in [-0.15, -0.1) is 0 Å². The maximum absolute atomic E-state index is 12.5. The maximum atomic E-state index is 12.5. The molecule has 0 aliphatic heterocycles. The summed E-state index contributed by atoms with van der Waals surface area (Å²) in [5.74, 6) is -0.0290. The second-order valence-corrected chi connectivity index (χ2v) is 8.31. The summed E-state index contributed by atoms with van der Waals surface area (Å²) in [5.41, 5.74) is 1.17. The van der Waals surface area contributed by atoms with Gasteiger partial charge in [0.25, 0.3) is 10.0 Å². The lowest BCUT2D eigenvalue weighted by atomic mass is 10.1. The van der Waals surface area contributed by atoms with E-state index in [0.29, 0.717) is 11.7 Å². The van der Waals surface area contributed by atoms with E-state index in [-0.39, 0.29) is 27.3 Å². The van der Waals surface area contributed by atoms with Crippen molar-refractivity contribution in [1.82, 2.24) is 5.32 Å². The fourth-order valence-corrected chi connectivity index (χ4v) is 4.53. The lowest BCUT2D eigenvalue weighted by Crippen LogP contribution is -2.26. The molecule has 1 aliphatic carbocycles. The van der Waals surface area contributed by atoms with Crippen molar-refractivity contribution in [3.8, 4) is 0 Å². The Hall–Kier alpha value is -1.76. The highest BCUT2D eigenvalue weighted by Gasteiger charge is 2.23.